The van der Waals surface area contributed by atoms with E-state index >= 15 is 0 Å². The van der Waals surface area contributed by atoms with E-state index in [0.29, 0.717) is 13.1 Å². The maximum absolute atomic E-state index is 12.9. The second-order valence-electron chi connectivity index (χ2n) is 6.71. The molecule has 1 amide bonds. The van der Waals surface area contributed by atoms with Crippen molar-refractivity contribution in [2.75, 3.05) is 20.2 Å². The Morgan fingerprint density at radius 1 is 1.18 bits per heavy atom. The van der Waals surface area contributed by atoms with E-state index in [0.717, 1.165) is 24.2 Å². The van der Waals surface area contributed by atoms with Crippen LogP contribution >= 0.6 is 0 Å². The van der Waals surface area contributed by atoms with E-state index in [9.17, 15) is 9.59 Å². The third kappa shape index (κ3) is 1.84. The highest BCUT2D eigenvalue weighted by Crippen LogP contribution is 2.55. The van der Waals surface area contributed by atoms with Crippen LogP contribution in [0.25, 0.3) is 0 Å². The molecular weight excluding hydrogens is 282 g/mol. The first-order valence-electron chi connectivity index (χ1n) is 7.73. The highest BCUT2D eigenvalue weighted by Gasteiger charge is 2.63. The molecule has 3 fully saturated rings. The highest BCUT2D eigenvalue weighted by atomic mass is 16.5. The molecule has 2 atom stereocenters. The van der Waals surface area contributed by atoms with Gasteiger partial charge in [0.15, 0.2) is 0 Å². The number of likely N-dealkylation sites (tertiary alicyclic amines) is 1. The number of hydrogen-bond acceptors (Lipinski definition) is 3. The van der Waals surface area contributed by atoms with Crippen molar-refractivity contribution in [3.05, 3.63) is 29.8 Å². The summed E-state index contributed by atoms with van der Waals surface area (Å²) < 4.78 is 5.17. The van der Waals surface area contributed by atoms with Gasteiger partial charge in [-0.15, -0.1) is 0 Å². The van der Waals surface area contributed by atoms with Gasteiger partial charge < -0.3 is 14.7 Å². The number of rotatable bonds is 4. The van der Waals surface area contributed by atoms with Crippen molar-refractivity contribution < 1.29 is 19.4 Å². The Hall–Kier alpha value is -2.04. The van der Waals surface area contributed by atoms with Crippen LogP contribution < -0.4 is 4.74 Å². The number of amides is 1. The molecule has 5 heteroatoms. The number of methoxy groups -OCH3 is 1. The molecule has 22 heavy (non-hydrogen) atoms. The van der Waals surface area contributed by atoms with Crippen molar-refractivity contribution in [3.63, 3.8) is 0 Å². The fraction of sp³-hybridized carbons (Fsp3) is 0.529. The van der Waals surface area contributed by atoms with Crippen LogP contribution in [0.1, 0.15) is 18.4 Å². The Bertz CT molecular complexity index is 623. The molecule has 116 valence electrons. The predicted octanol–water partition coefficient (Wildman–Crippen LogP) is 1.52. The predicted molar refractivity (Wildman–Crippen MR) is 78.6 cm³/mol. The normalized spacial score (nSPS) is 30.6. The lowest BCUT2D eigenvalue weighted by molar-refractivity contribution is -0.141. The number of carbonyl (C=O) groups excluding carboxylic acids is 1. The van der Waals surface area contributed by atoms with Gasteiger partial charge in [-0.05, 0) is 42.4 Å². The third-order valence-electron chi connectivity index (χ3n) is 5.57. The van der Waals surface area contributed by atoms with Crippen LogP contribution in [-0.4, -0.2) is 42.1 Å². The van der Waals surface area contributed by atoms with E-state index in [-0.39, 0.29) is 29.1 Å². The van der Waals surface area contributed by atoms with Gasteiger partial charge in [-0.2, -0.15) is 0 Å². The average Bonchev–Trinajstić information content (AvgIpc) is 3.43. The zero-order valence-electron chi connectivity index (χ0n) is 12.5. The lowest BCUT2D eigenvalue weighted by Crippen LogP contribution is -2.40. The summed E-state index contributed by atoms with van der Waals surface area (Å²) in [6.45, 7) is 1.22. The van der Waals surface area contributed by atoms with Crippen LogP contribution in [0.2, 0.25) is 0 Å². The van der Waals surface area contributed by atoms with E-state index in [1.807, 2.05) is 29.2 Å². The molecule has 2 saturated carbocycles. The van der Waals surface area contributed by atoms with Crippen LogP contribution in [0, 0.1) is 17.8 Å². The molecule has 1 aromatic carbocycles. The summed E-state index contributed by atoms with van der Waals surface area (Å²) in [5.41, 5.74) is 0.676. The molecule has 3 aliphatic rings. The largest absolute Gasteiger partial charge is 0.497 e. The van der Waals surface area contributed by atoms with Crippen molar-refractivity contribution in [3.8, 4) is 5.75 Å². The van der Waals surface area contributed by atoms with Crippen LogP contribution in [0.3, 0.4) is 0 Å². The number of benzene rings is 1. The van der Waals surface area contributed by atoms with Gasteiger partial charge in [-0.25, -0.2) is 0 Å². The highest BCUT2D eigenvalue weighted by molar-refractivity contribution is 5.92. The Morgan fingerprint density at radius 3 is 2.23 bits per heavy atom. The molecule has 4 rings (SSSR count). The summed E-state index contributed by atoms with van der Waals surface area (Å²) in [5, 5.41) is 9.07. The number of aliphatic carboxylic acids is 1. The van der Waals surface area contributed by atoms with Crippen molar-refractivity contribution in [2.24, 2.45) is 17.8 Å². The fourth-order valence-electron chi connectivity index (χ4n) is 4.02. The maximum Gasteiger partial charge on any atom is 0.307 e. The molecule has 1 saturated heterocycles. The summed E-state index contributed by atoms with van der Waals surface area (Å²) >= 11 is 0. The van der Waals surface area contributed by atoms with Crippen LogP contribution in [0.4, 0.5) is 0 Å². The molecule has 1 heterocycles. The number of carbonyl (C=O) groups is 2. The minimum atomic E-state index is -0.710. The topological polar surface area (TPSA) is 66.8 Å². The first kappa shape index (κ1) is 13.6. The minimum absolute atomic E-state index is 0.174. The SMILES string of the molecule is COc1ccc(C2(C(=O)N3CC4C(C3)C4C(=O)O)CC2)cc1. The van der Waals surface area contributed by atoms with E-state index in [1.54, 1.807) is 7.11 Å². The van der Waals surface area contributed by atoms with Gasteiger partial charge in [0.2, 0.25) is 5.91 Å². The van der Waals surface area contributed by atoms with Crippen molar-refractivity contribution in [1.29, 1.82) is 0 Å². The summed E-state index contributed by atoms with van der Waals surface area (Å²) in [6, 6.07) is 7.73. The molecule has 0 aromatic heterocycles. The summed E-state index contributed by atoms with van der Waals surface area (Å²) in [6.07, 6.45) is 1.76. The smallest absolute Gasteiger partial charge is 0.307 e. The Balaban J connectivity index is 1.48. The summed E-state index contributed by atoms with van der Waals surface area (Å²) in [7, 11) is 1.63. The molecule has 2 unspecified atom stereocenters. The molecule has 0 radical (unpaired) electrons. The number of hydrogen-bond donors (Lipinski definition) is 1. The van der Waals surface area contributed by atoms with Gasteiger partial charge in [0.1, 0.15) is 5.75 Å². The zero-order valence-corrected chi connectivity index (χ0v) is 12.5. The van der Waals surface area contributed by atoms with Gasteiger partial charge >= 0.3 is 5.97 Å². The van der Waals surface area contributed by atoms with E-state index in [2.05, 4.69) is 0 Å². The van der Waals surface area contributed by atoms with Crippen LogP contribution in [-0.2, 0) is 15.0 Å². The second-order valence-corrected chi connectivity index (χ2v) is 6.71. The van der Waals surface area contributed by atoms with Crippen molar-refractivity contribution in [2.45, 2.75) is 18.3 Å². The van der Waals surface area contributed by atoms with Crippen LogP contribution in [0.5, 0.6) is 5.75 Å². The standard InChI is InChI=1S/C17H19NO4/c1-22-11-4-2-10(3-5-11)17(6-7-17)16(21)18-8-12-13(9-18)14(12)15(19)20/h2-5,12-14H,6-9H2,1H3,(H,19,20). The van der Waals surface area contributed by atoms with Crippen molar-refractivity contribution in [1.82, 2.24) is 4.90 Å². The number of carboxylic acids is 1. The minimum Gasteiger partial charge on any atom is -0.497 e. The molecule has 1 aromatic rings. The van der Waals surface area contributed by atoms with Gasteiger partial charge in [0, 0.05) is 13.1 Å². The third-order valence-corrected chi connectivity index (χ3v) is 5.57. The van der Waals surface area contributed by atoms with Gasteiger partial charge in [-0.1, -0.05) is 12.1 Å². The lowest BCUT2D eigenvalue weighted by atomic mass is 9.94. The van der Waals surface area contributed by atoms with E-state index in [4.69, 9.17) is 9.84 Å². The number of nitrogens with zero attached hydrogens (tertiary/aromatic N) is 1. The molecular formula is C17H19NO4. The number of piperidine rings is 1. The Kier molecular flexibility index (Phi) is 2.77. The quantitative estimate of drug-likeness (QED) is 0.915. The summed E-state index contributed by atoms with van der Waals surface area (Å²) in [4.78, 5) is 25.8. The van der Waals surface area contributed by atoms with E-state index < -0.39 is 5.97 Å². The zero-order chi connectivity index (χ0) is 15.5. The molecule has 0 bridgehead atoms. The summed E-state index contributed by atoms with van der Waals surface area (Å²) in [5.74, 6) is 0.382. The maximum atomic E-state index is 12.9. The lowest BCUT2D eigenvalue weighted by Gasteiger charge is -2.25. The van der Waals surface area contributed by atoms with Gasteiger partial charge in [0.25, 0.3) is 0 Å². The molecule has 5 nitrogen and oxygen atoms in total. The number of ether oxygens (including phenoxy) is 1. The Labute approximate surface area is 128 Å². The molecule has 1 N–H and O–H groups in total. The number of fused-ring (bicyclic) bond motifs is 1. The fourth-order valence-corrected chi connectivity index (χ4v) is 4.02. The first-order valence-corrected chi connectivity index (χ1v) is 7.73. The van der Waals surface area contributed by atoms with Gasteiger partial charge in [0.05, 0.1) is 18.4 Å². The van der Waals surface area contributed by atoms with Crippen LogP contribution in [0.15, 0.2) is 24.3 Å². The number of carboxylic acid groups (broad SMARTS) is 1. The average molecular weight is 301 g/mol. The first-order chi connectivity index (χ1) is 10.6. The van der Waals surface area contributed by atoms with Crippen molar-refractivity contribution >= 4 is 11.9 Å². The Morgan fingerprint density at radius 2 is 1.77 bits per heavy atom. The monoisotopic (exact) mass is 301 g/mol. The molecule has 2 aliphatic carbocycles. The van der Waals surface area contributed by atoms with Gasteiger partial charge in [-0.3, -0.25) is 9.59 Å². The van der Waals surface area contributed by atoms with E-state index in [1.165, 1.54) is 0 Å². The second kappa shape index (κ2) is 4.48. The molecule has 1 aliphatic heterocycles. The molecule has 0 spiro atoms.